The maximum absolute atomic E-state index is 7.57. The number of aryl methyl sites for hydroxylation is 4. The molecular formula is C61H72I3N5O4. The molecule has 0 saturated carbocycles. The summed E-state index contributed by atoms with van der Waals surface area (Å²) in [5.41, 5.74) is 20.1. The molecule has 0 saturated heterocycles. The van der Waals surface area contributed by atoms with E-state index in [1.54, 1.807) is 28.3 Å². The van der Waals surface area contributed by atoms with E-state index in [0.29, 0.717) is 5.92 Å². The number of rotatable bonds is 6. The molecule has 12 heteroatoms. The molecule has 9 nitrogen and oxygen atoms in total. The molecule has 5 heterocycles. The molecule has 73 heavy (non-hydrogen) atoms. The molecular weight excluding hydrogens is 1250 g/mol. The van der Waals surface area contributed by atoms with Gasteiger partial charge in [-0.25, -0.2) is 0 Å². The van der Waals surface area contributed by atoms with Crippen molar-refractivity contribution in [2.75, 3.05) is 41.0 Å². The Morgan fingerprint density at radius 3 is 1.18 bits per heavy atom. The number of aliphatic hydroxyl groups is 1. The number of aromatic nitrogens is 3. The standard InChI is InChI=1S/C20H21NO.2C19H20N2O.C2H6O.CH4.I2.HI/c1-13-6-11-19-18(12-13)17-5-3-4-16(20(17)21-19)14-7-9-15(22-2)10-8-14;2*1-12-3-8-17-16(11-12)15-9-10-20-18(19(15)21-17)13-4-6-14(22-2)7-5-13;1-2-3;;1-2;/h6-12,16,21H,3-5H2,1-2H3;2*3-8,11,18,20-21H,9-10H2,1-2H3;3H,2H2,1H3;1H4;;1H/t16-;18-;;;;;/m00...../s1. The van der Waals surface area contributed by atoms with Crippen LogP contribution in [0.15, 0.2) is 127 Å². The zero-order chi connectivity index (χ0) is 50.0. The molecule has 9 aromatic rings. The Bertz CT molecular complexity index is 2830. The van der Waals surface area contributed by atoms with E-state index in [2.05, 4.69) is 187 Å². The second-order valence-electron chi connectivity index (χ2n) is 18.6. The van der Waals surface area contributed by atoms with Crippen LogP contribution >= 0.6 is 61.2 Å². The zero-order valence-corrected chi connectivity index (χ0v) is 49.0. The van der Waals surface area contributed by atoms with Crippen molar-refractivity contribution in [1.82, 2.24) is 25.6 Å². The number of fused-ring (bicyclic) bond motifs is 9. The van der Waals surface area contributed by atoms with E-state index >= 15 is 0 Å². The summed E-state index contributed by atoms with van der Waals surface area (Å²) in [5.74, 6) is 3.19. The molecule has 6 N–H and O–H groups in total. The lowest BCUT2D eigenvalue weighted by Crippen LogP contribution is -2.30. The molecule has 2 aliphatic heterocycles. The number of hydrogen-bond acceptors (Lipinski definition) is 6. The third-order valence-corrected chi connectivity index (χ3v) is 14.0. The fourth-order valence-corrected chi connectivity index (χ4v) is 10.6. The summed E-state index contributed by atoms with van der Waals surface area (Å²) in [4.78, 5) is 10.9. The molecule has 3 aliphatic rings. The first-order valence-electron chi connectivity index (χ1n) is 24.7. The average Bonchev–Trinajstić information content (AvgIpc) is 4.11. The zero-order valence-electron chi connectivity index (χ0n) is 42.3. The van der Waals surface area contributed by atoms with Crippen LogP contribution in [0.5, 0.6) is 17.2 Å². The highest BCUT2D eigenvalue weighted by molar-refractivity contribution is 15.0. The van der Waals surface area contributed by atoms with Gasteiger partial charge in [-0.3, -0.25) is 0 Å². The molecule has 3 aromatic heterocycles. The van der Waals surface area contributed by atoms with Crippen molar-refractivity contribution in [3.05, 3.63) is 195 Å². The quantitative estimate of drug-likeness (QED) is 0.0923. The van der Waals surface area contributed by atoms with Crippen molar-refractivity contribution < 1.29 is 19.3 Å². The molecule has 0 fully saturated rings. The number of aliphatic hydroxyl groups excluding tert-OH is 1. The fourth-order valence-electron chi connectivity index (χ4n) is 10.6. The number of benzene rings is 6. The summed E-state index contributed by atoms with van der Waals surface area (Å²) in [5, 5.41) is 19.0. The largest absolute Gasteiger partial charge is 0.497 e. The summed E-state index contributed by atoms with van der Waals surface area (Å²) >= 11 is 4.24. The number of hydrogen-bond donors (Lipinski definition) is 6. The van der Waals surface area contributed by atoms with Crippen LogP contribution in [0.4, 0.5) is 0 Å². The van der Waals surface area contributed by atoms with Crippen LogP contribution in [0.1, 0.15) is 112 Å². The van der Waals surface area contributed by atoms with E-state index in [0.717, 1.165) is 43.2 Å². The first-order chi connectivity index (χ1) is 34.7. The molecule has 0 spiro atoms. The molecule has 386 valence electrons. The predicted molar refractivity (Wildman–Crippen MR) is 333 cm³/mol. The smallest absolute Gasteiger partial charge is 0.118 e. The van der Waals surface area contributed by atoms with Gasteiger partial charge in [0.25, 0.3) is 0 Å². The Labute approximate surface area is 472 Å². The molecule has 12 rings (SSSR count). The molecule has 1 aliphatic carbocycles. The van der Waals surface area contributed by atoms with Gasteiger partial charge < -0.3 is 44.9 Å². The number of aromatic amines is 3. The highest BCUT2D eigenvalue weighted by Gasteiger charge is 2.28. The summed E-state index contributed by atoms with van der Waals surface area (Å²) in [6.07, 6.45) is 5.80. The third-order valence-electron chi connectivity index (χ3n) is 14.0. The number of H-pyrrole nitrogens is 3. The summed E-state index contributed by atoms with van der Waals surface area (Å²) in [7, 11) is 5.12. The lowest BCUT2D eigenvalue weighted by atomic mass is 9.82. The summed E-state index contributed by atoms with van der Waals surface area (Å²) in [6.45, 7) is 10.4. The van der Waals surface area contributed by atoms with Gasteiger partial charge in [0.1, 0.15) is 17.2 Å². The van der Waals surface area contributed by atoms with Gasteiger partial charge >= 0.3 is 0 Å². The number of halogens is 3. The number of nitrogens with one attached hydrogen (secondary N) is 5. The van der Waals surface area contributed by atoms with E-state index in [1.807, 2.05) is 24.3 Å². The van der Waals surface area contributed by atoms with Gasteiger partial charge in [0.2, 0.25) is 0 Å². The third kappa shape index (κ3) is 13.1. The van der Waals surface area contributed by atoms with Crippen LogP contribution < -0.4 is 24.8 Å². The number of methoxy groups -OCH3 is 3. The Hall–Kier alpha value is -4.59. The fraction of sp³-hybridized carbons (Fsp3) is 0.311. The van der Waals surface area contributed by atoms with E-state index in [1.165, 1.54) is 119 Å². The minimum atomic E-state index is 0. The van der Waals surface area contributed by atoms with Crippen molar-refractivity contribution in [3.8, 4) is 17.2 Å². The average molecular weight is 1320 g/mol. The van der Waals surface area contributed by atoms with Crippen LogP contribution in [0, 0.1) is 20.8 Å². The minimum Gasteiger partial charge on any atom is -0.497 e. The highest BCUT2D eigenvalue weighted by atomic mass is 128. The van der Waals surface area contributed by atoms with Gasteiger partial charge in [-0.1, -0.05) is 78.7 Å². The van der Waals surface area contributed by atoms with E-state index in [-0.39, 0.29) is 50.1 Å². The van der Waals surface area contributed by atoms with Crippen LogP contribution in [0.3, 0.4) is 0 Å². The maximum Gasteiger partial charge on any atom is 0.118 e. The van der Waals surface area contributed by atoms with Crippen molar-refractivity contribution >= 4 is 93.9 Å². The molecule has 6 aromatic carbocycles. The maximum atomic E-state index is 7.57. The molecule has 0 amide bonds. The van der Waals surface area contributed by atoms with Crippen LogP contribution in [-0.4, -0.2) is 61.1 Å². The predicted octanol–water partition coefficient (Wildman–Crippen LogP) is 15.4. The van der Waals surface area contributed by atoms with Gasteiger partial charge in [0.15, 0.2) is 0 Å². The Balaban J connectivity index is 0.000000169. The first-order valence-corrected chi connectivity index (χ1v) is 31.0. The molecule has 0 bridgehead atoms. The van der Waals surface area contributed by atoms with Crippen molar-refractivity contribution in [2.24, 2.45) is 0 Å². The van der Waals surface area contributed by atoms with Crippen LogP contribution in [0.25, 0.3) is 32.7 Å². The van der Waals surface area contributed by atoms with Gasteiger partial charge in [0.05, 0.1) is 33.4 Å². The minimum absolute atomic E-state index is 0. The lowest BCUT2D eigenvalue weighted by molar-refractivity contribution is 0.318. The van der Waals surface area contributed by atoms with Gasteiger partial charge in [-0.15, -0.1) is 24.0 Å². The van der Waals surface area contributed by atoms with E-state index in [9.17, 15) is 0 Å². The molecule has 0 radical (unpaired) electrons. The highest BCUT2D eigenvalue weighted by Crippen LogP contribution is 2.41. The second-order valence-corrected chi connectivity index (χ2v) is 18.6. The lowest BCUT2D eigenvalue weighted by Gasteiger charge is -2.25. The molecule has 1 unspecified atom stereocenters. The summed E-state index contributed by atoms with van der Waals surface area (Å²) < 4.78 is 15.8. The molecule has 3 atom stereocenters. The Kier molecular flexibility index (Phi) is 21.5. The van der Waals surface area contributed by atoms with Crippen molar-refractivity contribution in [3.63, 3.8) is 0 Å². The Morgan fingerprint density at radius 2 is 0.822 bits per heavy atom. The van der Waals surface area contributed by atoms with Crippen LogP contribution in [-0.2, 0) is 19.3 Å². The monoisotopic (exact) mass is 1320 g/mol. The Morgan fingerprint density at radius 1 is 0.493 bits per heavy atom. The van der Waals surface area contributed by atoms with Gasteiger partial charge in [0, 0.05) is 113 Å². The second kappa shape index (κ2) is 27.3. The van der Waals surface area contributed by atoms with Gasteiger partial charge in [-0.2, -0.15) is 0 Å². The van der Waals surface area contributed by atoms with Crippen molar-refractivity contribution in [2.45, 2.75) is 85.2 Å². The number of ether oxygens (including phenoxy) is 3. The summed E-state index contributed by atoms with van der Waals surface area (Å²) in [6, 6.07) is 45.7. The topological polar surface area (TPSA) is 119 Å². The normalized spacial score (nSPS) is 16.1. The van der Waals surface area contributed by atoms with Crippen LogP contribution in [0.2, 0.25) is 0 Å². The first kappa shape index (κ1) is 57.7. The van der Waals surface area contributed by atoms with Crippen molar-refractivity contribution in [1.29, 1.82) is 0 Å². The van der Waals surface area contributed by atoms with E-state index < -0.39 is 0 Å². The van der Waals surface area contributed by atoms with Gasteiger partial charge in [-0.05, 0) is 166 Å². The van der Waals surface area contributed by atoms with E-state index in [4.69, 9.17) is 19.3 Å². The SMILES string of the molecule is C.CCO.COc1ccc(C2NCCc3c2[nH]c2ccc(C)cc32)cc1.COc1ccc([C@@H]2CCCc3c2[nH]c2ccc(C)cc32)cc1.COc1ccc([C@@H]2NCCc3c2[nH]c2ccc(C)cc32)cc1.I.II.